The zero-order chi connectivity index (χ0) is 18.1. The van der Waals surface area contributed by atoms with Crippen LogP contribution in [0.3, 0.4) is 0 Å². The van der Waals surface area contributed by atoms with Gasteiger partial charge in [-0.15, -0.1) is 0 Å². The zero-order valence-electron chi connectivity index (χ0n) is 14.4. The number of thioether (sulfide) groups is 1. The van der Waals surface area contributed by atoms with E-state index in [0.29, 0.717) is 17.1 Å². The second kappa shape index (κ2) is 6.80. The van der Waals surface area contributed by atoms with Crippen molar-refractivity contribution in [1.82, 2.24) is 9.97 Å². The van der Waals surface area contributed by atoms with Crippen LogP contribution in [-0.2, 0) is 5.75 Å². The van der Waals surface area contributed by atoms with Crippen molar-refractivity contribution >= 4 is 33.8 Å². The first kappa shape index (κ1) is 16.6. The van der Waals surface area contributed by atoms with E-state index in [9.17, 15) is 4.79 Å². The lowest BCUT2D eigenvalue weighted by molar-refractivity contribution is 0.414. The molecule has 0 fully saturated rings. The fourth-order valence-corrected chi connectivity index (χ4v) is 3.76. The number of methoxy groups -OCH3 is 1. The van der Waals surface area contributed by atoms with Gasteiger partial charge in [0.25, 0.3) is 0 Å². The van der Waals surface area contributed by atoms with E-state index in [1.54, 1.807) is 24.9 Å². The maximum atomic E-state index is 11.9. The molecule has 0 saturated carbocycles. The Morgan fingerprint density at radius 1 is 1.08 bits per heavy atom. The zero-order valence-corrected chi connectivity index (χ0v) is 15.2. The molecular weight excluding hydrogens is 348 g/mol. The Bertz CT molecular complexity index is 1170. The predicted molar refractivity (Wildman–Crippen MR) is 103 cm³/mol. The molecule has 0 radical (unpaired) electrons. The smallest absolute Gasteiger partial charge is 0.336 e. The molecule has 5 nitrogen and oxygen atoms in total. The molecule has 130 valence electrons. The highest BCUT2D eigenvalue weighted by Crippen LogP contribution is 2.29. The van der Waals surface area contributed by atoms with E-state index in [0.717, 1.165) is 32.7 Å². The van der Waals surface area contributed by atoms with Crippen molar-refractivity contribution in [2.24, 2.45) is 0 Å². The summed E-state index contributed by atoms with van der Waals surface area (Å²) in [5, 5.41) is 1.75. The summed E-state index contributed by atoms with van der Waals surface area (Å²) in [6.45, 7) is 1.95. The quantitative estimate of drug-likeness (QED) is 0.396. The minimum absolute atomic E-state index is 0.373. The van der Waals surface area contributed by atoms with Crippen LogP contribution in [0.15, 0.2) is 62.8 Å². The summed E-state index contributed by atoms with van der Waals surface area (Å²) in [5.74, 6) is 1.25. The molecule has 0 unspecified atom stereocenters. The molecule has 0 aliphatic heterocycles. The maximum Gasteiger partial charge on any atom is 0.336 e. The molecule has 2 heterocycles. The van der Waals surface area contributed by atoms with Crippen molar-refractivity contribution in [3.63, 3.8) is 0 Å². The summed E-state index contributed by atoms with van der Waals surface area (Å²) in [6.07, 6.45) is 0. The molecule has 4 aromatic rings. The third-order valence-electron chi connectivity index (χ3n) is 4.10. The van der Waals surface area contributed by atoms with Gasteiger partial charge < -0.3 is 9.15 Å². The average molecular weight is 364 g/mol. The molecule has 26 heavy (non-hydrogen) atoms. The van der Waals surface area contributed by atoms with Crippen molar-refractivity contribution in [3.8, 4) is 5.75 Å². The lowest BCUT2D eigenvalue weighted by Crippen LogP contribution is -2.00. The topological polar surface area (TPSA) is 65.2 Å². The van der Waals surface area contributed by atoms with Gasteiger partial charge in [0.05, 0.1) is 23.8 Å². The fraction of sp³-hybridized carbons (Fsp3) is 0.150. The highest BCUT2D eigenvalue weighted by Gasteiger charge is 2.10. The van der Waals surface area contributed by atoms with Crippen molar-refractivity contribution in [2.75, 3.05) is 7.11 Å². The Balaban J connectivity index is 1.70. The molecule has 0 aliphatic carbocycles. The summed E-state index contributed by atoms with van der Waals surface area (Å²) >= 11 is 1.56. The average Bonchev–Trinajstić information content (AvgIpc) is 2.65. The van der Waals surface area contributed by atoms with Gasteiger partial charge in [-0.3, -0.25) is 0 Å². The third-order valence-corrected chi connectivity index (χ3v) is 5.22. The first-order valence-electron chi connectivity index (χ1n) is 8.11. The Hall–Kier alpha value is -2.86. The van der Waals surface area contributed by atoms with Gasteiger partial charge in [0.15, 0.2) is 0 Å². The molecule has 6 heteroatoms. The van der Waals surface area contributed by atoms with E-state index in [1.165, 1.54) is 6.07 Å². The second-order valence-electron chi connectivity index (χ2n) is 5.84. The number of fused-ring (bicyclic) bond motifs is 2. The SMILES string of the molecule is COc1ccc2c(CSc3nc4ccccc4nc3C)cc(=O)oc2c1. The minimum Gasteiger partial charge on any atom is -0.497 e. The molecule has 4 rings (SSSR count). The number of aromatic nitrogens is 2. The van der Waals surface area contributed by atoms with Crippen LogP contribution >= 0.6 is 11.8 Å². The molecule has 0 saturated heterocycles. The van der Waals surface area contributed by atoms with Gasteiger partial charge in [0.2, 0.25) is 0 Å². The number of benzene rings is 2. The molecule has 0 aliphatic rings. The van der Waals surface area contributed by atoms with Gasteiger partial charge in [-0.1, -0.05) is 23.9 Å². The molecular formula is C20H16N2O3S. The lowest BCUT2D eigenvalue weighted by atomic mass is 10.1. The number of hydrogen-bond donors (Lipinski definition) is 0. The van der Waals surface area contributed by atoms with E-state index >= 15 is 0 Å². The van der Waals surface area contributed by atoms with Crippen molar-refractivity contribution < 1.29 is 9.15 Å². The minimum atomic E-state index is -0.373. The predicted octanol–water partition coefficient (Wildman–Crippen LogP) is 4.35. The van der Waals surface area contributed by atoms with Gasteiger partial charge in [0.1, 0.15) is 16.4 Å². The van der Waals surface area contributed by atoms with Crippen molar-refractivity contribution in [1.29, 1.82) is 0 Å². The van der Waals surface area contributed by atoms with E-state index in [1.807, 2.05) is 43.3 Å². The molecule has 2 aromatic heterocycles. The van der Waals surface area contributed by atoms with Crippen molar-refractivity contribution in [3.05, 3.63) is 70.2 Å². The Morgan fingerprint density at radius 3 is 2.62 bits per heavy atom. The summed E-state index contributed by atoms with van der Waals surface area (Å²) < 4.78 is 10.5. The maximum absolute atomic E-state index is 11.9. The number of ether oxygens (including phenoxy) is 1. The molecule has 0 atom stereocenters. The Labute approximate surface area is 154 Å². The molecule has 0 amide bonds. The van der Waals surface area contributed by atoms with E-state index in [-0.39, 0.29) is 5.63 Å². The third kappa shape index (κ3) is 3.15. The van der Waals surface area contributed by atoms with Crippen LogP contribution in [0.1, 0.15) is 11.3 Å². The van der Waals surface area contributed by atoms with Gasteiger partial charge in [-0.25, -0.2) is 14.8 Å². The number of hydrogen-bond acceptors (Lipinski definition) is 6. The van der Waals surface area contributed by atoms with E-state index in [4.69, 9.17) is 14.1 Å². The normalized spacial score (nSPS) is 11.2. The number of para-hydroxylation sites is 2. The Kier molecular flexibility index (Phi) is 4.34. The second-order valence-corrected chi connectivity index (χ2v) is 6.81. The molecule has 0 spiro atoms. The highest BCUT2D eigenvalue weighted by atomic mass is 32.2. The lowest BCUT2D eigenvalue weighted by Gasteiger charge is -2.08. The van der Waals surface area contributed by atoms with Gasteiger partial charge >= 0.3 is 5.63 Å². The van der Waals surface area contributed by atoms with Crippen LogP contribution in [0, 0.1) is 6.92 Å². The van der Waals surface area contributed by atoms with Crippen LogP contribution in [0.4, 0.5) is 0 Å². The molecule has 2 aromatic carbocycles. The molecule has 0 bridgehead atoms. The Morgan fingerprint density at radius 2 is 1.85 bits per heavy atom. The highest BCUT2D eigenvalue weighted by molar-refractivity contribution is 7.98. The van der Waals surface area contributed by atoms with Gasteiger partial charge in [0, 0.05) is 23.3 Å². The van der Waals surface area contributed by atoms with Crippen molar-refractivity contribution in [2.45, 2.75) is 17.7 Å². The first-order chi connectivity index (χ1) is 12.6. The van der Waals surface area contributed by atoms with Crippen LogP contribution in [0.25, 0.3) is 22.0 Å². The summed E-state index contributed by atoms with van der Waals surface area (Å²) in [7, 11) is 1.58. The standard InChI is InChI=1S/C20H16N2O3S/c1-12-20(22-17-6-4-3-5-16(17)21-12)26-11-13-9-19(23)25-18-10-14(24-2)7-8-15(13)18/h3-10H,11H2,1-2H3. The van der Waals surface area contributed by atoms with Gasteiger partial charge in [-0.2, -0.15) is 0 Å². The summed E-state index contributed by atoms with van der Waals surface area (Å²) in [6, 6.07) is 14.8. The van der Waals surface area contributed by atoms with E-state index in [2.05, 4.69) is 4.98 Å². The number of aryl methyl sites for hydroxylation is 1. The van der Waals surface area contributed by atoms with Crippen LogP contribution in [0.5, 0.6) is 5.75 Å². The molecule has 0 N–H and O–H groups in total. The van der Waals surface area contributed by atoms with Crippen LogP contribution < -0.4 is 10.4 Å². The van der Waals surface area contributed by atoms with Crippen LogP contribution in [-0.4, -0.2) is 17.1 Å². The fourth-order valence-electron chi connectivity index (χ4n) is 2.81. The van der Waals surface area contributed by atoms with E-state index < -0.39 is 0 Å². The largest absolute Gasteiger partial charge is 0.497 e. The monoisotopic (exact) mass is 364 g/mol. The number of nitrogens with zero attached hydrogens (tertiary/aromatic N) is 2. The summed E-state index contributed by atoms with van der Waals surface area (Å²) in [5.41, 5.74) is 3.67. The first-order valence-corrected chi connectivity index (χ1v) is 9.09. The van der Waals surface area contributed by atoms with Crippen LogP contribution in [0.2, 0.25) is 0 Å². The summed E-state index contributed by atoms with van der Waals surface area (Å²) in [4.78, 5) is 21.2. The number of rotatable bonds is 4. The van der Waals surface area contributed by atoms with Gasteiger partial charge in [-0.05, 0) is 36.8 Å².